The van der Waals surface area contributed by atoms with Crippen molar-refractivity contribution >= 4 is 11.7 Å². The van der Waals surface area contributed by atoms with Crippen LogP contribution in [0.3, 0.4) is 0 Å². The summed E-state index contributed by atoms with van der Waals surface area (Å²) in [6.07, 6.45) is 0.998. The van der Waals surface area contributed by atoms with E-state index in [9.17, 15) is 4.79 Å². The number of rotatable bonds is 1. The first kappa shape index (κ1) is 8.34. The fraction of sp³-hybridized carbons (Fsp3) is 0.200. The Kier molecular flexibility index (Phi) is 2.15. The van der Waals surface area contributed by atoms with Crippen LogP contribution in [0.5, 0.6) is 0 Å². The number of aromatic nitrogens is 2. The van der Waals surface area contributed by atoms with Gasteiger partial charge in [0.2, 0.25) is 24.0 Å². The summed E-state index contributed by atoms with van der Waals surface area (Å²) in [7, 11) is 0. The van der Waals surface area contributed by atoms with Gasteiger partial charge in [-0.05, 0) is 0 Å². The molecule has 0 unspecified atom stereocenters. The first-order chi connectivity index (χ1) is 5.63. The number of hydrogen-bond acceptors (Lipinski definition) is 6. The SMILES string of the molecule is CC(=O)N(O)C(=N)c1ncon1. The van der Waals surface area contributed by atoms with Crippen molar-refractivity contribution in [3.05, 3.63) is 12.2 Å². The van der Waals surface area contributed by atoms with E-state index >= 15 is 0 Å². The molecule has 1 heterocycles. The zero-order valence-corrected chi connectivity index (χ0v) is 6.18. The van der Waals surface area contributed by atoms with Gasteiger partial charge in [0, 0.05) is 6.92 Å². The van der Waals surface area contributed by atoms with Crippen molar-refractivity contribution in [2.45, 2.75) is 6.92 Å². The molecule has 64 valence electrons. The molecule has 0 saturated carbocycles. The third-order valence-corrected chi connectivity index (χ3v) is 1.08. The quantitative estimate of drug-likeness (QED) is 0.259. The lowest BCUT2D eigenvalue weighted by Crippen LogP contribution is -2.32. The van der Waals surface area contributed by atoms with Crippen LogP contribution in [0.15, 0.2) is 10.9 Å². The van der Waals surface area contributed by atoms with Gasteiger partial charge in [0.15, 0.2) is 0 Å². The van der Waals surface area contributed by atoms with Crippen LogP contribution in [-0.2, 0) is 4.79 Å². The summed E-state index contributed by atoms with van der Waals surface area (Å²) >= 11 is 0. The molecule has 0 bridgehead atoms. The average molecular weight is 170 g/mol. The number of hydroxylamine groups is 2. The maximum atomic E-state index is 10.5. The van der Waals surface area contributed by atoms with Gasteiger partial charge < -0.3 is 4.52 Å². The molecule has 0 saturated heterocycles. The molecule has 1 amide bonds. The van der Waals surface area contributed by atoms with Crippen molar-refractivity contribution in [3.8, 4) is 0 Å². The highest BCUT2D eigenvalue weighted by atomic mass is 16.5. The zero-order chi connectivity index (χ0) is 9.14. The second-order valence-electron chi connectivity index (χ2n) is 1.93. The van der Waals surface area contributed by atoms with Crippen molar-refractivity contribution in [2.24, 2.45) is 0 Å². The molecule has 0 aliphatic rings. The fourth-order valence-electron chi connectivity index (χ4n) is 0.527. The number of nitrogens with zero attached hydrogens (tertiary/aromatic N) is 3. The smallest absolute Gasteiger partial charge is 0.249 e. The molecule has 7 heteroatoms. The Morgan fingerprint density at radius 3 is 2.92 bits per heavy atom. The summed E-state index contributed by atoms with van der Waals surface area (Å²) < 4.78 is 4.31. The molecule has 0 atom stereocenters. The Balaban J connectivity index is 2.79. The van der Waals surface area contributed by atoms with Crippen molar-refractivity contribution in [2.75, 3.05) is 0 Å². The van der Waals surface area contributed by atoms with Crippen LogP contribution in [0.1, 0.15) is 12.7 Å². The number of nitrogens with one attached hydrogen (secondary N) is 1. The lowest BCUT2D eigenvalue weighted by molar-refractivity contribution is -0.146. The van der Waals surface area contributed by atoms with Gasteiger partial charge in [0.1, 0.15) is 0 Å². The van der Waals surface area contributed by atoms with Gasteiger partial charge in [-0.3, -0.25) is 15.4 Å². The highest BCUT2D eigenvalue weighted by Crippen LogP contribution is 1.95. The van der Waals surface area contributed by atoms with E-state index < -0.39 is 11.7 Å². The summed E-state index contributed by atoms with van der Waals surface area (Å²) in [5.74, 6) is -1.35. The highest BCUT2D eigenvalue weighted by Gasteiger charge is 2.16. The average Bonchev–Trinajstić information content (AvgIpc) is 2.53. The fourth-order valence-corrected chi connectivity index (χ4v) is 0.527. The molecule has 1 aromatic heterocycles. The first-order valence-electron chi connectivity index (χ1n) is 2.98. The molecule has 0 radical (unpaired) electrons. The summed E-state index contributed by atoms with van der Waals surface area (Å²) in [6.45, 7) is 1.11. The van der Waals surface area contributed by atoms with Crippen molar-refractivity contribution < 1.29 is 14.5 Å². The number of carbonyl (C=O) groups is 1. The summed E-state index contributed by atoms with van der Waals surface area (Å²) in [5, 5.41) is 19.4. The maximum Gasteiger partial charge on any atom is 0.249 e. The Hall–Kier alpha value is -1.76. The Bertz CT molecular complexity index is 294. The van der Waals surface area contributed by atoms with Gasteiger partial charge in [0.05, 0.1) is 0 Å². The van der Waals surface area contributed by atoms with Crippen LogP contribution in [0.4, 0.5) is 0 Å². The molecule has 0 aliphatic heterocycles. The molecule has 0 aliphatic carbocycles. The Labute approximate surface area is 67.1 Å². The number of amidine groups is 1. The largest absolute Gasteiger partial charge is 0.342 e. The number of hydrogen-bond donors (Lipinski definition) is 2. The van der Waals surface area contributed by atoms with E-state index in [4.69, 9.17) is 10.6 Å². The molecule has 2 N–H and O–H groups in total. The molecular formula is C5H6N4O3. The standard InChI is InChI=1S/C5H6N4O3/c1-3(10)9(11)4(6)5-7-2-12-8-5/h2,6,11H,1H3. The highest BCUT2D eigenvalue weighted by molar-refractivity contribution is 6.01. The topological polar surface area (TPSA) is 103 Å². The lowest BCUT2D eigenvalue weighted by atomic mass is 10.5. The molecule has 12 heavy (non-hydrogen) atoms. The van der Waals surface area contributed by atoms with Gasteiger partial charge in [0.25, 0.3) is 0 Å². The maximum absolute atomic E-state index is 10.5. The molecule has 0 aromatic carbocycles. The van der Waals surface area contributed by atoms with E-state index in [1.165, 1.54) is 0 Å². The molecular weight excluding hydrogens is 164 g/mol. The molecule has 0 fully saturated rings. The minimum atomic E-state index is -0.690. The summed E-state index contributed by atoms with van der Waals surface area (Å²) in [6, 6.07) is 0. The van der Waals surface area contributed by atoms with E-state index in [0.29, 0.717) is 0 Å². The summed E-state index contributed by atoms with van der Waals surface area (Å²) in [5.41, 5.74) is 0. The van der Waals surface area contributed by atoms with Crippen LogP contribution in [0, 0.1) is 5.41 Å². The second kappa shape index (κ2) is 3.09. The van der Waals surface area contributed by atoms with Crippen molar-refractivity contribution in [1.29, 1.82) is 5.41 Å². The first-order valence-corrected chi connectivity index (χ1v) is 2.98. The molecule has 1 rings (SSSR count). The van der Waals surface area contributed by atoms with Crippen molar-refractivity contribution in [3.63, 3.8) is 0 Å². The molecule has 7 nitrogen and oxygen atoms in total. The minimum absolute atomic E-state index is 0.130. The van der Waals surface area contributed by atoms with Crippen molar-refractivity contribution in [1.82, 2.24) is 15.2 Å². The zero-order valence-electron chi connectivity index (χ0n) is 6.18. The van der Waals surface area contributed by atoms with E-state index in [-0.39, 0.29) is 10.9 Å². The molecule has 1 aromatic rings. The van der Waals surface area contributed by atoms with Gasteiger partial charge in [-0.15, -0.1) is 0 Å². The number of carbonyl (C=O) groups excluding carboxylic acids is 1. The predicted molar refractivity (Wildman–Crippen MR) is 35.4 cm³/mol. The van der Waals surface area contributed by atoms with Gasteiger partial charge in [-0.25, -0.2) is 0 Å². The van der Waals surface area contributed by atoms with Gasteiger partial charge >= 0.3 is 0 Å². The van der Waals surface area contributed by atoms with Crippen LogP contribution >= 0.6 is 0 Å². The monoisotopic (exact) mass is 170 g/mol. The van der Waals surface area contributed by atoms with Crippen LogP contribution in [-0.4, -0.2) is 32.2 Å². The number of amides is 1. The second-order valence-corrected chi connectivity index (χ2v) is 1.93. The van der Waals surface area contributed by atoms with E-state index in [0.717, 1.165) is 13.3 Å². The lowest BCUT2D eigenvalue weighted by Gasteiger charge is -2.08. The third-order valence-electron chi connectivity index (χ3n) is 1.08. The van der Waals surface area contributed by atoms with E-state index in [1.807, 2.05) is 0 Å². The summed E-state index contributed by atoms with van der Waals surface area (Å²) in [4.78, 5) is 14.0. The predicted octanol–water partition coefficient (Wildman–Crippen LogP) is -0.367. The normalized spacial score (nSPS) is 9.50. The van der Waals surface area contributed by atoms with Gasteiger partial charge in [-0.1, -0.05) is 5.16 Å². The Morgan fingerprint density at radius 2 is 2.50 bits per heavy atom. The minimum Gasteiger partial charge on any atom is -0.342 e. The van der Waals surface area contributed by atoms with E-state index in [2.05, 4.69) is 14.7 Å². The van der Waals surface area contributed by atoms with Crippen LogP contribution < -0.4 is 0 Å². The van der Waals surface area contributed by atoms with Crippen LogP contribution in [0.2, 0.25) is 0 Å². The molecule has 0 spiro atoms. The van der Waals surface area contributed by atoms with Gasteiger partial charge in [-0.2, -0.15) is 10.0 Å². The third kappa shape index (κ3) is 1.45. The van der Waals surface area contributed by atoms with E-state index in [1.54, 1.807) is 0 Å². The van der Waals surface area contributed by atoms with Crippen LogP contribution in [0.25, 0.3) is 0 Å². The Morgan fingerprint density at radius 1 is 1.83 bits per heavy atom.